The van der Waals surface area contributed by atoms with E-state index in [1.807, 2.05) is 11.7 Å². The van der Waals surface area contributed by atoms with E-state index in [0.717, 1.165) is 18.2 Å². The number of rotatable bonds is 4. The Morgan fingerprint density at radius 1 is 1.50 bits per heavy atom. The molecule has 0 spiro atoms. The van der Waals surface area contributed by atoms with Crippen LogP contribution in [-0.2, 0) is 13.6 Å². The summed E-state index contributed by atoms with van der Waals surface area (Å²) in [6.07, 6.45) is 7.76. The molecule has 0 aromatic carbocycles. The predicted octanol–water partition coefficient (Wildman–Crippen LogP) is 2.40. The second-order valence-electron chi connectivity index (χ2n) is 5.13. The standard InChI is InChI=1S/C13H23N3/c1-10(12-6-4-5-7-12)14-8-13-9-16(3)15-11(13)2/h9-10,12,14H,4-8H2,1-3H3/t10-/m0/s1. The van der Waals surface area contributed by atoms with E-state index < -0.39 is 0 Å². The van der Waals surface area contributed by atoms with Gasteiger partial charge in [-0.05, 0) is 32.6 Å². The van der Waals surface area contributed by atoms with Gasteiger partial charge in [-0.25, -0.2) is 0 Å². The summed E-state index contributed by atoms with van der Waals surface area (Å²) in [5, 5.41) is 8.00. The van der Waals surface area contributed by atoms with Crippen LogP contribution in [0.15, 0.2) is 6.20 Å². The third-order valence-corrected chi connectivity index (χ3v) is 3.84. The normalized spacial score (nSPS) is 19.2. The Morgan fingerprint density at radius 3 is 2.75 bits per heavy atom. The molecular weight excluding hydrogens is 198 g/mol. The molecule has 1 saturated carbocycles. The minimum Gasteiger partial charge on any atom is -0.310 e. The summed E-state index contributed by atoms with van der Waals surface area (Å²) in [6.45, 7) is 5.36. The van der Waals surface area contributed by atoms with Crippen LogP contribution < -0.4 is 5.32 Å². The van der Waals surface area contributed by atoms with Crippen LogP contribution in [0.1, 0.15) is 43.9 Å². The van der Waals surface area contributed by atoms with E-state index in [1.54, 1.807) is 0 Å². The molecule has 3 heteroatoms. The topological polar surface area (TPSA) is 29.9 Å². The smallest absolute Gasteiger partial charge is 0.0638 e. The van der Waals surface area contributed by atoms with Crippen LogP contribution in [-0.4, -0.2) is 15.8 Å². The Morgan fingerprint density at radius 2 is 2.19 bits per heavy atom. The van der Waals surface area contributed by atoms with Gasteiger partial charge in [-0.3, -0.25) is 4.68 Å². The summed E-state index contributed by atoms with van der Waals surface area (Å²) >= 11 is 0. The van der Waals surface area contributed by atoms with Gasteiger partial charge < -0.3 is 5.32 Å². The largest absolute Gasteiger partial charge is 0.310 e. The summed E-state index contributed by atoms with van der Waals surface area (Å²) in [4.78, 5) is 0. The Bertz CT molecular complexity index is 337. The van der Waals surface area contributed by atoms with Crippen molar-refractivity contribution < 1.29 is 0 Å². The highest BCUT2D eigenvalue weighted by Gasteiger charge is 2.21. The molecule has 90 valence electrons. The molecule has 1 fully saturated rings. The van der Waals surface area contributed by atoms with E-state index in [9.17, 15) is 0 Å². The molecule has 0 saturated heterocycles. The first-order valence-electron chi connectivity index (χ1n) is 6.39. The van der Waals surface area contributed by atoms with Gasteiger partial charge in [-0.2, -0.15) is 5.10 Å². The fourth-order valence-corrected chi connectivity index (χ4v) is 2.72. The highest BCUT2D eigenvalue weighted by atomic mass is 15.2. The van der Waals surface area contributed by atoms with Crippen molar-refractivity contribution in [1.82, 2.24) is 15.1 Å². The van der Waals surface area contributed by atoms with Crippen LogP contribution >= 0.6 is 0 Å². The zero-order valence-corrected chi connectivity index (χ0v) is 10.7. The second kappa shape index (κ2) is 5.00. The van der Waals surface area contributed by atoms with Crippen molar-refractivity contribution in [1.29, 1.82) is 0 Å². The number of aryl methyl sites for hydroxylation is 2. The molecule has 3 nitrogen and oxygen atoms in total. The van der Waals surface area contributed by atoms with Gasteiger partial charge in [0.25, 0.3) is 0 Å². The molecule has 0 radical (unpaired) electrons. The maximum absolute atomic E-state index is 4.36. The molecule has 1 aromatic heterocycles. The van der Waals surface area contributed by atoms with E-state index in [4.69, 9.17) is 0 Å². The maximum Gasteiger partial charge on any atom is 0.0638 e. The molecule has 1 N–H and O–H groups in total. The molecule has 0 aliphatic heterocycles. The van der Waals surface area contributed by atoms with Crippen LogP contribution in [0.5, 0.6) is 0 Å². The van der Waals surface area contributed by atoms with Gasteiger partial charge in [-0.15, -0.1) is 0 Å². The second-order valence-corrected chi connectivity index (χ2v) is 5.13. The lowest BCUT2D eigenvalue weighted by Crippen LogP contribution is -2.31. The van der Waals surface area contributed by atoms with Crippen LogP contribution in [0.4, 0.5) is 0 Å². The zero-order chi connectivity index (χ0) is 11.5. The summed E-state index contributed by atoms with van der Waals surface area (Å²) in [5.41, 5.74) is 2.47. The van der Waals surface area contributed by atoms with Gasteiger partial charge in [-0.1, -0.05) is 12.8 Å². The summed E-state index contributed by atoms with van der Waals surface area (Å²) < 4.78 is 1.90. The Balaban J connectivity index is 1.84. The van der Waals surface area contributed by atoms with Gasteiger partial charge in [0.15, 0.2) is 0 Å². The number of nitrogens with zero attached hydrogens (tertiary/aromatic N) is 2. The molecule has 1 aliphatic carbocycles. The summed E-state index contributed by atoms with van der Waals surface area (Å²) in [5.74, 6) is 0.886. The monoisotopic (exact) mass is 221 g/mol. The van der Waals surface area contributed by atoms with Crippen LogP contribution in [0.25, 0.3) is 0 Å². The summed E-state index contributed by atoms with van der Waals surface area (Å²) in [6, 6.07) is 0.641. The molecule has 1 aliphatic rings. The van der Waals surface area contributed by atoms with Crippen molar-refractivity contribution in [3.63, 3.8) is 0 Å². The quantitative estimate of drug-likeness (QED) is 0.846. The first-order chi connectivity index (χ1) is 7.66. The molecule has 16 heavy (non-hydrogen) atoms. The lowest BCUT2D eigenvalue weighted by Gasteiger charge is -2.20. The molecule has 2 rings (SSSR count). The van der Waals surface area contributed by atoms with Crippen molar-refractivity contribution in [2.45, 2.75) is 52.1 Å². The number of aromatic nitrogens is 2. The van der Waals surface area contributed by atoms with E-state index >= 15 is 0 Å². The third-order valence-electron chi connectivity index (χ3n) is 3.84. The van der Waals surface area contributed by atoms with Gasteiger partial charge in [0.2, 0.25) is 0 Å². The maximum atomic E-state index is 4.36. The highest BCUT2D eigenvalue weighted by Crippen LogP contribution is 2.27. The van der Waals surface area contributed by atoms with Gasteiger partial charge in [0.1, 0.15) is 0 Å². The lowest BCUT2D eigenvalue weighted by atomic mass is 10.00. The van der Waals surface area contributed by atoms with Crippen molar-refractivity contribution in [3.8, 4) is 0 Å². The fourth-order valence-electron chi connectivity index (χ4n) is 2.72. The minimum absolute atomic E-state index is 0.641. The first-order valence-corrected chi connectivity index (χ1v) is 6.39. The van der Waals surface area contributed by atoms with Crippen LogP contribution in [0.2, 0.25) is 0 Å². The van der Waals surface area contributed by atoms with E-state index in [0.29, 0.717) is 6.04 Å². The molecule has 1 aromatic rings. The van der Waals surface area contributed by atoms with E-state index in [2.05, 4.69) is 30.5 Å². The minimum atomic E-state index is 0.641. The van der Waals surface area contributed by atoms with Gasteiger partial charge in [0.05, 0.1) is 5.69 Å². The Hall–Kier alpha value is -0.830. The molecule has 1 heterocycles. The van der Waals surface area contributed by atoms with Crippen molar-refractivity contribution >= 4 is 0 Å². The molecular formula is C13H23N3. The van der Waals surface area contributed by atoms with Crippen LogP contribution in [0.3, 0.4) is 0 Å². The number of hydrogen-bond donors (Lipinski definition) is 1. The molecule has 0 amide bonds. The number of nitrogens with one attached hydrogen (secondary N) is 1. The Kier molecular flexibility index (Phi) is 3.64. The molecule has 0 bridgehead atoms. The molecule has 1 atom stereocenters. The molecule has 0 unspecified atom stereocenters. The highest BCUT2D eigenvalue weighted by molar-refractivity contribution is 5.14. The third kappa shape index (κ3) is 2.64. The van der Waals surface area contributed by atoms with Crippen LogP contribution in [0, 0.1) is 12.8 Å². The average Bonchev–Trinajstić information content (AvgIpc) is 2.84. The first kappa shape index (κ1) is 11.6. The predicted molar refractivity (Wildman–Crippen MR) is 66.2 cm³/mol. The lowest BCUT2D eigenvalue weighted by molar-refractivity contribution is 0.380. The van der Waals surface area contributed by atoms with E-state index in [-0.39, 0.29) is 0 Å². The Labute approximate surface area is 98.2 Å². The van der Waals surface area contributed by atoms with E-state index in [1.165, 1.54) is 31.2 Å². The zero-order valence-electron chi connectivity index (χ0n) is 10.7. The fraction of sp³-hybridized carbons (Fsp3) is 0.769. The average molecular weight is 221 g/mol. The van der Waals surface area contributed by atoms with Gasteiger partial charge in [0, 0.05) is 31.4 Å². The number of hydrogen-bond acceptors (Lipinski definition) is 2. The SMILES string of the molecule is Cc1nn(C)cc1CN[C@@H](C)C1CCCC1. The van der Waals surface area contributed by atoms with Crippen molar-refractivity contribution in [2.75, 3.05) is 0 Å². The van der Waals surface area contributed by atoms with Gasteiger partial charge >= 0.3 is 0 Å². The summed E-state index contributed by atoms with van der Waals surface area (Å²) in [7, 11) is 1.98. The van der Waals surface area contributed by atoms with Crippen molar-refractivity contribution in [3.05, 3.63) is 17.5 Å². The van der Waals surface area contributed by atoms with Crippen molar-refractivity contribution in [2.24, 2.45) is 13.0 Å².